The lowest BCUT2D eigenvalue weighted by Gasteiger charge is -2.18. The van der Waals surface area contributed by atoms with Crippen LogP contribution >= 0.6 is 0 Å². The maximum atomic E-state index is 12.8. The molecule has 0 fully saturated rings. The van der Waals surface area contributed by atoms with Gasteiger partial charge in [0.1, 0.15) is 13.2 Å². The van der Waals surface area contributed by atoms with Crippen LogP contribution in [0.4, 0.5) is 0 Å². The van der Waals surface area contributed by atoms with Crippen LogP contribution < -0.4 is 0 Å². The maximum absolute atomic E-state index is 12.8. The van der Waals surface area contributed by atoms with E-state index in [1.807, 2.05) is 0 Å². The standard InChI is InChI=1S/C60H106O6/c1-4-7-10-13-16-19-22-25-28-30-33-35-38-41-44-47-50-53-59(62)65-56-57(55-64-58(61)52-49-46-43-40-37-34-31-27-24-21-18-15-12-9-6-3)66-60(63)54-51-48-45-42-39-36-32-29-26-23-20-17-14-11-8-5-2/h9,12,18,21,25,27-29,31-32,57H,4-8,10-11,13-17,19-20,22-24,26,30,33-56H2,1-3H3/b12-9-,21-18-,28-25-,31-27-,32-29-/t57-/m1/s1. The first-order chi connectivity index (χ1) is 32.5. The van der Waals surface area contributed by atoms with Crippen molar-refractivity contribution < 1.29 is 28.6 Å². The molecule has 0 spiro atoms. The van der Waals surface area contributed by atoms with Gasteiger partial charge in [0, 0.05) is 19.3 Å². The number of hydrogen-bond acceptors (Lipinski definition) is 6. The van der Waals surface area contributed by atoms with Gasteiger partial charge in [-0.2, -0.15) is 0 Å². The number of carbonyl (C=O) groups is 3. The molecule has 66 heavy (non-hydrogen) atoms. The number of esters is 3. The molecular formula is C60H106O6. The molecule has 0 aromatic heterocycles. The maximum Gasteiger partial charge on any atom is 0.306 e. The minimum Gasteiger partial charge on any atom is -0.462 e. The number of rotatable bonds is 51. The number of ether oxygens (including phenoxy) is 3. The van der Waals surface area contributed by atoms with Crippen molar-refractivity contribution in [2.45, 2.75) is 290 Å². The Hall–Kier alpha value is -2.89. The zero-order valence-electron chi connectivity index (χ0n) is 43.7. The average Bonchev–Trinajstić information content (AvgIpc) is 3.31. The van der Waals surface area contributed by atoms with Crippen LogP contribution in [-0.4, -0.2) is 37.2 Å². The summed E-state index contributed by atoms with van der Waals surface area (Å²) >= 11 is 0. The molecular weight excluding hydrogens is 817 g/mol. The van der Waals surface area contributed by atoms with Crippen LogP contribution in [0.25, 0.3) is 0 Å². The second-order valence-electron chi connectivity index (χ2n) is 18.8. The van der Waals surface area contributed by atoms with E-state index in [9.17, 15) is 14.4 Å². The Morgan fingerprint density at radius 1 is 0.318 bits per heavy atom. The third-order valence-electron chi connectivity index (χ3n) is 12.2. The van der Waals surface area contributed by atoms with Gasteiger partial charge in [-0.3, -0.25) is 14.4 Å². The van der Waals surface area contributed by atoms with Gasteiger partial charge in [0.05, 0.1) is 0 Å². The smallest absolute Gasteiger partial charge is 0.306 e. The molecule has 0 saturated carbocycles. The second kappa shape index (κ2) is 54.7. The van der Waals surface area contributed by atoms with E-state index < -0.39 is 6.10 Å². The summed E-state index contributed by atoms with van der Waals surface area (Å²) in [5.41, 5.74) is 0. The molecule has 0 amide bonds. The first-order valence-electron chi connectivity index (χ1n) is 28.3. The fraction of sp³-hybridized carbons (Fsp3) is 0.783. The van der Waals surface area contributed by atoms with Crippen LogP contribution in [0.1, 0.15) is 284 Å². The van der Waals surface area contributed by atoms with Crippen LogP contribution in [-0.2, 0) is 28.6 Å². The van der Waals surface area contributed by atoms with Crippen molar-refractivity contribution in [3.05, 3.63) is 60.8 Å². The molecule has 0 rings (SSSR count). The lowest BCUT2D eigenvalue weighted by Crippen LogP contribution is -2.30. The highest BCUT2D eigenvalue weighted by Crippen LogP contribution is 2.15. The van der Waals surface area contributed by atoms with E-state index in [1.54, 1.807) is 0 Å². The number of allylic oxidation sites excluding steroid dienone is 10. The van der Waals surface area contributed by atoms with Gasteiger partial charge in [-0.1, -0.05) is 223 Å². The Bertz CT molecular complexity index is 1200. The molecule has 0 aromatic carbocycles. The van der Waals surface area contributed by atoms with E-state index in [2.05, 4.69) is 81.5 Å². The fourth-order valence-corrected chi connectivity index (χ4v) is 7.98. The molecule has 0 N–H and O–H groups in total. The summed E-state index contributed by atoms with van der Waals surface area (Å²) in [6.45, 7) is 6.52. The summed E-state index contributed by atoms with van der Waals surface area (Å²) in [6.07, 6.45) is 67.8. The zero-order chi connectivity index (χ0) is 47.9. The molecule has 0 unspecified atom stereocenters. The van der Waals surface area contributed by atoms with Gasteiger partial charge >= 0.3 is 17.9 Å². The van der Waals surface area contributed by atoms with E-state index in [-0.39, 0.29) is 31.1 Å². The predicted octanol–water partition coefficient (Wildman–Crippen LogP) is 18.8. The summed E-state index contributed by atoms with van der Waals surface area (Å²) in [5.74, 6) is -0.905. The number of hydrogen-bond donors (Lipinski definition) is 0. The summed E-state index contributed by atoms with van der Waals surface area (Å²) in [5, 5.41) is 0. The third-order valence-corrected chi connectivity index (χ3v) is 12.2. The summed E-state index contributed by atoms with van der Waals surface area (Å²) in [7, 11) is 0. The molecule has 0 aliphatic rings. The van der Waals surface area contributed by atoms with Crippen molar-refractivity contribution in [2.24, 2.45) is 0 Å². The van der Waals surface area contributed by atoms with Crippen LogP contribution in [0.2, 0.25) is 0 Å². The number of carbonyl (C=O) groups excluding carboxylic acids is 3. The van der Waals surface area contributed by atoms with Crippen molar-refractivity contribution in [3.63, 3.8) is 0 Å². The normalized spacial score (nSPS) is 12.5. The van der Waals surface area contributed by atoms with Gasteiger partial charge in [-0.25, -0.2) is 0 Å². The van der Waals surface area contributed by atoms with Gasteiger partial charge < -0.3 is 14.2 Å². The average molecular weight is 924 g/mol. The summed E-state index contributed by atoms with van der Waals surface area (Å²) in [6, 6.07) is 0. The minimum absolute atomic E-state index is 0.0846. The van der Waals surface area contributed by atoms with Crippen molar-refractivity contribution in [2.75, 3.05) is 13.2 Å². The molecule has 0 aliphatic carbocycles. The van der Waals surface area contributed by atoms with Crippen LogP contribution in [0.5, 0.6) is 0 Å². The van der Waals surface area contributed by atoms with Crippen LogP contribution in [0.15, 0.2) is 60.8 Å². The molecule has 6 heteroatoms. The van der Waals surface area contributed by atoms with E-state index in [1.165, 1.54) is 135 Å². The van der Waals surface area contributed by atoms with Gasteiger partial charge in [0.15, 0.2) is 6.10 Å². The van der Waals surface area contributed by atoms with Gasteiger partial charge in [0.2, 0.25) is 0 Å². The van der Waals surface area contributed by atoms with Crippen LogP contribution in [0.3, 0.4) is 0 Å². The zero-order valence-corrected chi connectivity index (χ0v) is 43.7. The predicted molar refractivity (Wildman–Crippen MR) is 284 cm³/mol. The van der Waals surface area contributed by atoms with Crippen molar-refractivity contribution in [3.8, 4) is 0 Å². The van der Waals surface area contributed by atoms with E-state index in [0.717, 1.165) is 109 Å². The highest BCUT2D eigenvalue weighted by atomic mass is 16.6. The molecule has 6 nitrogen and oxygen atoms in total. The summed E-state index contributed by atoms with van der Waals surface area (Å²) < 4.78 is 16.8. The van der Waals surface area contributed by atoms with Crippen molar-refractivity contribution in [1.82, 2.24) is 0 Å². The monoisotopic (exact) mass is 923 g/mol. The Morgan fingerprint density at radius 3 is 0.939 bits per heavy atom. The Kier molecular flexibility index (Phi) is 52.3. The first kappa shape index (κ1) is 63.1. The Balaban J connectivity index is 4.41. The first-order valence-corrected chi connectivity index (χ1v) is 28.3. The summed E-state index contributed by atoms with van der Waals surface area (Å²) in [4.78, 5) is 38.1. The lowest BCUT2D eigenvalue weighted by atomic mass is 10.1. The van der Waals surface area contributed by atoms with Crippen molar-refractivity contribution in [1.29, 1.82) is 0 Å². The van der Waals surface area contributed by atoms with E-state index in [4.69, 9.17) is 14.2 Å². The molecule has 0 aromatic rings. The quantitative estimate of drug-likeness (QED) is 0.0262. The van der Waals surface area contributed by atoms with E-state index in [0.29, 0.717) is 19.3 Å². The van der Waals surface area contributed by atoms with Gasteiger partial charge in [0.25, 0.3) is 0 Å². The second-order valence-corrected chi connectivity index (χ2v) is 18.8. The van der Waals surface area contributed by atoms with Gasteiger partial charge in [-0.05, 0) is 103 Å². The molecule has 382 valence electrons. The fourth-order valence-electron chi connectivity index (χ4n) is 7.98. The molecule has 0 heterocycles. The van der Waals surface area contributed by atoms with Crippen LogP contribution in [0, 0.1) is 0 Å². The number of unbranched alkanes of at least 4 members (excludes halogenated alkanes) is 30. The van der Waals surface area contributed by atoms with E-state index >= 15 is 0 Å². The third kappa shape index (κ3) is 52.1. The van der Waals surface area contributed by atoms with Crippen molar-refractivity contribution >= 4 is 17.9 Å². The Labute approximate surface area is 409 Å². The Morgan fingerprint density at radius 2 is 0.591 bits per heavy atom. The topological polar surface area (TPSA) is 78.9 Å². The molecule has 0 bridgehead atoms. The molecule has 0 radical (unpaired) electrons. The SMILES string of the molecule is CC/C=C\C/C=C\C/C=C\CCCCCCCC(=O)OC[C@H](COC(=O)CCCCCCCCC/C=C\CCCCCCCC)OC(=O)CCCCCCC/C=C\CCCCCCCCC. The molecule has 0 aliphatic heterocycles. The lowest BCUT2D eigenvalue weighted by molar-refractivity contribution is -0.167. The largest absolute Gasteiger partial charge is 0.462 e. The highest BCUT2D eigenvalue weighted by Gasteiger charge is 2.19. The minimum atomic E-state index is -0.787. The molecule has 0 saturated heterocycles. The highest BCUT2D eigenvalue weighted by molar-refractivity contribution is 5.71. The molecule has 1 atom stereocenters. The van der Waals surface area contributed by atoms with Gasteiger partial charge in [-0.15, -0.1) is 0 Å².